The quantitative estimate of drug-likeness (QED) is 0.812. The van der Waals surface area contributed by atoms with Gasteiger partial charge in [0.15, 0.2) is 0 Å². The molecule has 1 unspecified atom stereocenters. The Balaban J connectivity index is 1.49. The number of halogens is 1. The smallest absolute Gasteiger partial charge is 0.229 e. The van der Waals surface area contributed by atoms with E-state index in [1.165, 1.54) is 23.3 Å². The van der Waals surface area contributed by atoms with Crippen molar-refractivity contribution in [3.63, 3.8) is 0 Å². The lowest BCUT2D eigenvalue weighted by Gasteiger charge is -2.18. The Kier molecular flexibility index (Phi) is 4.32. The number of nitrogens with one attached hydrogen (secondary N) is 1. The van der Waals surface area contributed by atoms with Gasteiger partial charge in [0.2, 0.25) is 11.8 Å². The highest BCUT2D eigenvalue weighted by atomic mass is 35.5. The van der Waals surface area contributed by atoms with Crippen LogP contribution in [0.5, 0.6) is 5.75 Å². The third kappa shape index (κ3) is 3.15. The second-order valence-electron chi connectivity index (χ2n) is 6.86. The molecule has 5 nitrogen and oxygen atoms in total. The lowest BCUT2D eigenvalue weighted by molar-refractivity contribution is -0.122. The van der Waals surface area contributed by atoms with Crippen molar-refractivity contribution >= 4 is 34.8 Å². The van der Waals surface area contributed by atoms with Crippen LogP contribution >= 0.6 is 11.6 Å². The van der Waals surface area contributed by atoms with Crippen molar-refractivity contribution in [1.29, 1.82) is 0 Å². The molecule has 134 valence electrons. The fraction of sp³-hybridized carbons (Fsp3) is 0.300. The molecule has 0 radical (unpaired) electrons. The van der Waals surface area contributed by atoms with E-state index in [1.54, 1.807) is 11.0 Å². The van der Waals surface area contributed by atoms with Crippen molar-refractivity contribution in [3.05, 3.63) is 52.5 Å². The highest BCUT2D eigenvalue weighted by molar-refractivity contribution is 6.31. The second-order valence-corrected chi connectivity index (χ2v) is 7.30. The molecule has 2 aliphatic rings. The standard InChI is InChI=1S/C20H19ClN2O3/c21-15-5-7-18(24)17(10-15)22-20(26)14-9-19(25)23(11-14)16-6-4-12-2-1-3-13(12)8-16/h4-8,10,14,24H,1-3,9,11H2,(H,22,26). The van der Waals surface area contributed by atoms with Crippen molar-refractivity contribution in [2.24, 2.45) is 5.92 Å². The van der Waals surface area contributed by atoms with Crippen LogP contribution in [0, 0.1) is 5.92 Å². The molecule has 1 aliphatic heterocycles. The molecule has 1 atom stereocenters. The molecule has 26 heavy (non-hydrogen) atoms. The van der Waals surface area contributed by atoms with Crippen LogP contribution in [0.4, 0.5) is 11.4 Å². The summed E-state index contributed by atoms with van der Waals surface area (Å²) in [6, 6.07) is 10.6. The van der Waals surface area contributed by atoms with E-state index < -0.39 is 5.92 Å². The predicted octanol–water partition coefficient (Wildman–Crippen LogP) is 3.53. The fourth-order valence-corrected chi connectivity index (χ4v) is 3.87. The first-order valence-electron chi connectivity index (χ1n) is 8.73. The highest BCUT2D eigenvalue weighted by Gasteiger charge is 2.35. The topological polar surface area (TPSA) is 69.6 Å². The number of hydrogen-bond donors (Lipinski definition) is 2. The zero-order chi connectivity index (χ0) is 18.3. The summed E-state index contributed by atoms with van der Waals surface area (Å²) in [5.74, 6) is -0.866. The zero-order valence-electron chi connectivity index (χ0n) is 14.2. The predicted molar refractivity (Wildman–Crippen MR) is 101 cm³/mol. The van der Waals surface area contributed by atoms with Crippen LogP contribution in [0.15, 0.2) is 36.4 Å². The van der Waals surface area contributed by atoms with E-state index in [9.17, 15) is 14.7 Å². The first-order valence-corrected chi connectivity index (χ1v) is 9.10. The Morgan fingerprint density at radius 1 is 1.15 bits per heavy atom. The Morgan fingerprint density at radius 2 is 1.96 bits per heavy atom. The Labute approximate surface area is 156 Å². The van der Waals surface area contributed by atoms with Crippen LogP contribution in [0.2, 0.25) is 5.02 Å². The van der Waals surface area contributed by atoms with Gasteiger partial charge in [0, 0.05) is 23.7 Å². The number of hydrogen-bond acceptors (Lipinski definition) is 3. The number of carbonyl (C=O) groups is 2. The number of nitrogens with zero attached hydrogens (tertiary/aromatic N) is 1. The number of aromatic hydroxyl groups is 1. The first kappa shape index (κ1) is 16.9. The van der Waals surface area contributed by atoms with Gasteiger partial charge in [-0.15, -0.1) is 0 Å². The number of rotatable bonds is 3. The van der Waals surface area contributed by atoms with Crippen LogP contribution < -0.4 is 10.2 Å². The summed E-state index contributed by atoms with van der Waals surface area (Å²) in [5, 5.41) is 12.9. The van der Waals surface area contributed by atoms with Crippen LogP contribution in [0.3, 0.4) is 0 Å². The summed E-state index contributed by atoms with van der Waals surface area (Å²) in [6.45, 7) is 0.338. The summed E-state index contributed by atoms with van der Waals surface area (Å²) < 4.78 is 0. The molecule has 1 heterocycles. The minimum atomic E-state index is -0.464. The molecular weight excluding hydrogens is 352 g/mol. The molecule has 0 spiro atoms. The minimum Gasteiger partial charge on any atom is -0.506 e. The molecule has 6 heteroatoms. The summed E-state index contributed by atoms with van der Waals surface area (Å²) in [5.41, 5.74) is 3.76. The van der Waals surface area contributed by atoms with Crippen LogP contribution in [-0.4, -0.2) is 23.5 Å². The molecule has 1 saturated heterocycles. The molecule has 2 amide bonds. The Bertz CT molecular complexity index is 897. The van der Waals surface area contributed by atoms with Crippen molar-refractivity contribution in [3.8, 4) is 5.75 Å². The molecule has 2 aromatic rings. The molecule has 0 bridgehead atoms. The van der Waals surface area contributed by atoms with E-state index in [-0.39, 0.29) is 29.7 Å². The number of carbonyl (C=O) groups excluding carboxylic acids is 2. The maximum atomic E-state index is 12.5. The maximum absolute atomic E-state index is 12.5. The molecular formula is C20H19ClN2O3. The van der Waals surface area contributed by atoms with E-state index >= 15 is 0 Å². The van der Waals surface area contributed by atoms with Crippen molar-refractivity contribution in [2.45, 2.75) is 25.7 Å². The molecule has 4 rings (SSSR count). The summed E-state index contributed by atoms with van der Waals surface area (Å²) in [7, 11) is 0. The lowest BCUT2D eigenvalue weighted by Crippen LogP contribution is -2.28. The molecule has 1 fully saturated rings. The average Bonchev–Trinajstić information content (AvgIpc) is 3.23. The van der Waals surface area contributed by atoms with E-state index in [2.05, 4.69) is 17.4 Å². The van der Waals surface area contributed by atoms with Crippen molar-refractivity contribution in [2.75, 3.05) is 16.8 Å². The number of benzene rings is 2. The summed E-state index contributed by atoms with van der Waals surface area (Å²) in [6.07, 6.45) is 3.45. The number of phenols is 1. The number of amides is 2. The lowest BCUT2D eigenvalue weighted by atomic mass is 10.1. The number of phenolic OH excluding ortho intramolecular Hbond substituents is 1. The normalized spacial score (nSPS) is 18.9. The van der Waals surface area contributed by atoms with Gasteiger partial charge in [-0.25, -0.2) is 0 Å². The van der Waals surface area contributed by atoms with Gasteiger partial charge in [0.1, 0.15) is 5.75 Å². The molecule has 2 N–H and O–H groups in total. The molecule has 2 aromatic carbocycles. The van der Waals surface area contributed by atoms with E-state index in [0.29, 0.717) is 11.6 Å². The van der Waals surface area contributed by atoms with E-state index in [4.69, 9.17) is 11.6 Å². The van der Waals surface area contributed by atoms with Gasteiger partial charge < -0.3 is 15.3 Å². The van der Waals surface area contributed by atoms with E-state index in [1.807, 2.05) is 6.07 Å². The number of aryl methyl sites for hydroxylation is 2. The Morgan fingerprint density at radius 3 is 2.81 bits per heavy atom. The van der Waals surface area contributed by atoms with Crippen LogP contribution in [-0.2, 0) is 22.4 Å². The third-order valence-electron chi connectivity index (χ3n) is 5.11. The summed E-state index contributed by atoms with van der Waals surface area (Å²) in [4.78, 5) is 26.7. The second kappa shape index (κ2) is 6.65. The molecule has 0 aromatic heterocycles. The van der Waals surface area contributed by atoms with Crippen molar-refractivity contribution < 1.29 is 14.7 Å². The zero-order valence-corrected chi connectivity index (χ0v) is 14.9. The highest BCUT2D eigenvalue weighted by Crippen LogP contribution is 2.32. The van der Waals surface area contributed by atoms with Gasteiger partial charge >= 0.3 is 0 Å². The van der Waals surface area contributed by atoms with E-state index in [0.717, 1.165) is 24.9 Å². The summed E-state index contributed by atoms with van der Waals surface area (Å²) >= 11 is 5.91. The first-order chi connectivity index (χ1) is 12.5. The SMILES string of the molecule is O=C(Nc1cc(Cl)ccc1O)C1CC(=O)N(c2ccc3c(c2)CCC3)C1. The van der Waals surface area contributed by atoms with Crippen LogP contribution in [0.1, 0.15) is 24.0 Å². The molecule has 1 aliphatic carbocycles. The Hall–Kier alpha value is -2.53. The van der Waals surface area contributed by atoms with Gasteiger partial charge in [0.25, 0.3) is 0 Å². The van der Waals surface area contributed by atoms with Gasteiger partial charge in [-0.3, -0.25) is 9.59 Å². The van der Waals surface area contributed by atoms with Gasteiger partial charge in [0.05, 0.1) is 11.6 Å². The van der Waals surface area contributed by atoms with Crippen LogP contribution in [0.25, 0.3) is 0 Å². The van der Waals surface area contributed by atoms with Gasteiger partial charge in [-0.1, -0.05) is 17.7 Å². The number of anilines is 2. The monoisotopic (exact) mass is 370 g/mol. The van der Waals surface area contributed by atoms with Gasteiger partial charge in [-0.2, -0.15) is 0 Å². The molecule has 0 saturated carbocycles. The third-order valence-corrected chi connectivity index (χ3v) is 5.34. The van der Waals surface area contributed by atoms with Crippen molar-refractivity contribution in [1.82, 2.24) is 0 Å². The van der Waals surface area contributed by atoms with Gasteiger partial charge in [-0.05, 0) is 60.7 Å². The fourth-order valence-electron chi connectivity index (χ4n) is 3.70. The average molecular weight is 371 g/mol. The minimum absolute atomic E-state index is 0.0532. The number of fused-ring (bicyclic) bond motifs is 1. The maximum Gasteiger partial charge on any atom is 0.229 e. The largest absolute Gasteiger partial charge is 0.506 e.